The number of rotatable bonds is 3. The van der Waals surface area contributed by atoms with Crippen LogP contribution in [0.25, 0.3) is 0 Å². The van der Waals surface area contributed by atoms with Gasteiger partial charge in [-0.25, -0.2) is 9.18 Å². The molecule has 3 rings (SSSR count). The zero-order valence-corrected chi connectivity index (χ0v) is 15.7. The van der Waals surface area contributed by atoms with E-state index in [1.807, 2.05) is 0 Å². The highest BCUT2D eigenvalue weighted by atomic mass is 35.5. The van der Waals surface area contributed by atoms with Crippen molar-refractivity contribution in [3.63, 3.8) is 0 Å². The van der Waals surface area contributed by atoms with E-state index >= 15 is 0 Å². The minimum atomic E-state index is -0.715. The van der Waals surface area contributed by atoms with Gasteiger partial charge in [0.25, 0.3) is 5.91 Å². The fourth-order valence-corrected chi connectivity index (χ4v) is 3.14. The summed E-state index contributed by atoms with van der Waals surface area (Å²) in [5.41, 5.74) is -0.383. The fourth-order valence-electron chi connectivity index (χ4n) is 2.98. The van der Waals surface area contributed by atoms with Crippen LogP contribution in [0.15, 0.2) is 33.5 Å². The molecule has 2 N–H and O–H groups in total. The van der Waals surface area contributed by atoms with Crippen molar-refractivity contribution in [2.45, 2.75) is 25.7 Å². The van der Waals surface area contributed by atoms with E-state index < -0.39 is 17.3 Å². The van der Waals surface area contributed by atoms with Crippen molar-refractivity contribution < 1.29 is 13.6 Å². The summed E-state index contributed by atoms with van der Waals surface area (Å²) in [5.74, 6) is -0.691. The normalized spacial score (nSPS) is 16.7. The van der Waals surface area contributed by atoms with Gasteiger partial charge in [0.15, 0.2) is 0 Å². The first-order valence-corrected chi connectivity index (χ1v) is 8.45. The van der Waals surface area contributed by atoms with Crippen LogP contribution in [0.5, 0.6) is 0 Å². The molecule has 1 aliphatic rings. The van der Waals surface area contributed by atoms with Crippen LogP contribution in [0.2, 0.25) is 5.02 Å². The molecule has 1 saturated heterocycles. The number of amides is 1. The van der Waals surface area contributed by atoms with E-state index in [0.29, 0.717) is 11.3 Å². The highest BCUT2D eigenvalue weighted by Gasteiger charge is 2.23. The van der Waals surface area contributed by atoms with Gasteiger partial charge in [0.2, 0.25) is 0 Å². The van der Waals surface area contributed by atoms with Crippen molar-refractivity contribution in [2.24, 2.45) is 0 Å². The van der Waals surface area contributed by atoms with E-state index in [9.17, 15) is 14.0 Å². The van der Waals surface area contributed by atoms with Crippen LogP contribution in [-0.4, -0.2) is 19.0 Å². The van der Waals surface area contributed by atoms with Gasteiger partial charge in [0.1, 0.15) is 17.1 Å². The first-order chi connectivity index (χ1) is 12.0. The number of anilines is 1. The average molecular weight is 401 g/mol. The van der Waals surface area contributed by atoms with Crippen molar-refractivity contribution >= 4 is 35.6 Å². The summed E-state index contributed by atoms with van der Waals surface area (Å²) in [6, 6.07) is 5.60. The van der Waals surface area contributed by atoms with Crippen LogP contribution in [0.4, 0.5) is 10.1 Å². The van der Waals surface area contributed by atoms with Gasteiger partial charge < -0.3 is 15.1 Å². The average Bonchev–Trinajstić information content (AvgIpc) is 2.57. The summed E-state index contributed by atoms with van der Waals surface area (Å²) in [6.45, 7) is 3.36. The molecule has 0 spiro atoms. The summed E-state index contributed by atoms with van der Waals surface area (Å²) in [4.78, 5) is 24.7. The van der Waals surface area contributed by atoms with Crippen LogP contribution in [-0.2, 0) is 0 Å². The van der Waals surface area contributed by atoms with Gasteiger partial charge >= 0.3 is 5.63 Å². The highest BCUT2D eigenvalue weighted by molar-refractivity contribution is 6.30. The molecular formula is C18H19Cl2FN2O3. The number of benzene rings is 1. The molecule has 26 heavy (non-hydrogen) atoms. The summed E-state index contributed by atoms with van der Waals surface area (Å²) in [7, 11) is 0. The number of piperidine rings is 1. The first kappa shape index (κ1) is 20.4. The molecule has 1 fully saturated rings. The third-order valence-electron chi connectivity index (χ3n) is 4.27. The number of hydrogen-bond acceptors (Lipinski definition) is 4. The second-order valence-corrected chi connectivity index (χ2v) is 6.55. The predicted octanol–water partition coefficient (Wildman–Crippen LogP) is 3.88. The Hall–Kier alpha value is -1.89. The van der Waals surface area contributed by atoms with Gasteiger partial charge in [-0.15, -0.1) is 12.4 Å². The molecule has 2 aromatic rings. The third kappa shape index (κ3) is 4.44. The molecule has 5 nitrogen and oxygen atoms in total. The lowest BCUT2D eigenvalue weighted by Gasteiger charge is -2.22. The molecule has 0 radical (unpaired) electrons. The van der Waals surface area contributed by atoms with Gasteiger partial charge in [-0.2, -0.15) is 0 Å². The fraction of sp³-hybridized carbons (Fsp3) is 0.333. The molecule has 2 heterocycles. The summed E-state index contributed by atoms with van der Waals surface area (Å²) in [6.07, 6.45) is 1.93. The minimum absolute atomic E-state index is 0. The number of carbonyl (C=O) groups is 1. The lowest BCUT2D eigenvalue weighted by Crippen LogP contribution is -2.30. The second-order valence-electron chi connectivity index (χ2n) is 6.12. The van der Waals surface area contributed by atoms with E-state index in [1.165, 1.54) is 12.1 Å². The topological polar surface area (TPSA) is 71.3 Å². The molecule has 0 aliphatic carbocycles. The van der Waals surface area contributed by atoms with Crippen molar-refractivity contribution in [3.05, 3.63) is 62.4 Å². The largest absolute Gasteiger partial charge is 0.427 e. The maximum Gasteiger partial charge on any atom is 0.349 e. The zero-order valence-electron chi connectivity index (χ0n) is 14.1. The van der Waals surface area contributed by atoms with Gasteiger partial charge in [-0.1, -0.05) is 11.6 Å². The predicted molar refractivity (Wildman–Crippen MR) is 101 cm³/mol. The minimum Gasteiger partial charge on any atom is -0.427 e. The van der Waals surface area contributed by atoms with Gasteiger partial charge in [0.05, 0.1) is 5.69 Å². The van der Waals surface area contributed by atoms with E-state index in [1.54, 1.807) is 13.0 Å². The quantitative estimate of drug-likeness (QED) is 0.819. The van der Waals surface area contributed by atoms with E-state index in [-0.39, 0.29) is 34.6 Å². The molecule has 1 unspecified atom stereocenters. The van der Waals surface area contributed by atoms with Gasteiger partial charge in [-0.3, -0.25) is 4.79 Å². The second kappa shape index (κ2) is 8.66. The first-order valence-electron chi connectivity index (χ1n) is 8.07. The SMILES string of the molecule is Cc1cc(C2CCCNC2)oc(=O)c1C(=O)Nc1ccc(Cl)cc1F.Cl. The summed E-state index contributed by atoms with van der Waals surface area (Å²) in [5, 5.41) is 5.87. The van der Waals surface area contributed by atoms with E-state index in [0.717, 1.165) is 32.0 Å². The zero-order chi connectivity index (χ0) is 18.0. The molecule has 8 heteroatoms. The lowest BCUT2D eigenvalue weighted by molar-refractivity contribution is 0.102. The Morgan fingerprint density at radius 2 is 2.15 bits per heavy atom. The summed E-state index contributed by atoms with van der Waals surface area (Å²) >= 11 is 5.69. The Balaban J connectivity index is 0.00000243. The number of hydrogen-bond donors (Lipinski definition) is 2. The lowest BCUT2D eigenvalue weighted by atomic mass is 9.95. The van der Waals surface area contributed by atoms with Crippen LogP contribution in [0.3, 0.4) is 0 Å². The maximum absolute atomic E-state index is 13.8. The molecule has 1 aliphatic heterocycles. The monoisotopic (exact) mass is 400 g/mol. The van der Waals surface area contributed by atoms with Crippen molar-refractivity contribution in [1.29, 1.82) is 0 Å². The van der Waals surface area contributed by atoms with Crippen molar-refractivity contribution in [2.75, 3.05) is 18.4 Å². The van der Waals surface area contributed by atoms with Crippen LogP contribution < -0.4 is 16.3 Å². The van der Waals surface area contributed by atoms with Crippen LogP contribution >= 0.6 is 24.0 Å². The molecule has 1 amide bonds. The number of nitrogens with one attached hydrogen (secondary N) is 2. The Kier molecular flexibility index (Phi) is 6.81. The molecule has 140 valence electrons. The Morgan fingerprint density at radius 1 is 1.38 bits per heavy atom. The Labute approximate surface area is 161 Å². The smallest absolute Gasteiger partial charge is 0.349 e. The van der Waals surface area contributed by atoms with Gasteiger partial charge in [-0.05, 0) is 56.1 Å². The third-order valence-corrected chi connectivity index (χ3v) is 4.51. The maximum atomic E-state index is 13.8. The van der Waals surface area contributed by atoms with Crippen molar-refractivity contribution in [1.82, 2.24) is 5.32 Å². The molecule has 1 aromatic heterocycles. The van der Waals surface area contributed by atoms with E-state index in [2.05, 4.69) is 10.6 Å². The van der Waals surface area contributed by atoms with E-state index in [4.69, 9.17) is 16.0 Å². The number of aryl methyl sites for hydroxylation is 1. The molecular weight excluding hydrogens is 382 g/mol. The standard InChI is InChI=1S/C18H18ClFN2O3.ClH/c1-10-7-15(11-3-2-6-21-9-11)25-18(24)16(10)17(23)22-14-5-4-12(19)8-13(14)20;/h4-5,7-8,11,21H,2-3,6,9H2,1H3,(H,22,23);1H. The van der Waals surface area contributed by atoms with Crippen molar-refractivity contribution in [3.8, 4) is 0 Å². The molecule has 0 saturated carbocycles. The number of carbonyl (C=O) groups excluding carboxylic acids is 1. The number of halogens is 3. The van der Waals surface area contributed by atoms with Crippen LogP contribution in [0, 0.1) is 12.7 Å². The van der Waals surface area contributed by atoms with Gasteiger partial charge in [0, 0.05) is 17.5 Å². The molecule has 1 aromatic carbocycles. The summed E-state index contributed by atoms with van der Waals surface area (Å²) < 4.78 is 19.2. The highest BCUT2D eigenvalue weighted by Crippen LogP contribution is 2.24. The Bertz CT molecular complexity index is 864. The molecule has 1 atom stereocenters. The van der Waals surface area contributed by atoms with Crippen LogP contribution in [0.1, 0.15) is 40.4 Å². The Morgan fingerprint density at radius 3 is 2.77 bits per heavy atom. The molecule has 0 bridgehead atoms.